The van der Waals surface area contributed by atoms with E-state index in [9.17, 15) is 34.8 Å². The first-order valence-corrected chi connectivity index (χ1v) is 26.2. The SMILES string of the molecule is CC[C@H]1OC(=O)[C@H](C)[C@@H](O[C@H]2C[C@@](C)(OC)[C@@H](O)[C@H](C)O2)[C@H](C)[C@@H](O[C@H]2O[C@H](C)C[C@H](N(C)CCCC(=O)NCCCOc3ccc(-c4cccnc4)cc3)[C@H]2O)[C@](C)(OC)C[C@@H](C)C(=O)[C@H](C)[C@@H](O)[C@]1(C)O. The number of ketones is 1. The van der Waals surface area contributed by atoms with Gasteiger partial charge in [0.05, 0.1) is 54.2 Å². The molecule has 18 nitrogen and oxygen atoms in total. The molecule has 18 atom stereocenters. The molecule has 3 fully saturated rings. The molecule has 5 rings (SSSR count). The Bertz CT molecular complexity index is 2050. The number of benzene rings is 1. The van der Waals surface area contributed by atoms with Crippen LogP contribution >= 0.6 is 0 Å². The first-order valence-electron chi connectivity index (χ1n) is 26.2. The number of aromatic nitrogens is 1. The second-order valence-electron chi connectivity index (χ2n) is 21.6. The minimum absolute atomic E-state index is 0.0578. The van der Waals surface area contributed by atoms with Crippen LogP contribution in [0.5, 0.6) is 5.75 Å². The van der Waals surface area contributed by atoms with Crippen LogP contribution in [0.1, 0.15) is 114 Å². The zero-order valence-corrected chi connectivity index (χ0v) is 45.5. The maximum atomic E-state index is 14.4. The molecule has 18 heteroatoms. The van der Waals surface area contributed by atoms with E-state index in [1.54, 1.807) is 54.7 Å². The molecule has 3 aliphatic heterocycles. The lowest BCUT2D eigenvalue weighted by atomic mass is 9.74. The largest absolute Gasteiger partial charge is 0.494 e. The van der Waals surface area contributed by atoms with Gasteiger partial charge in [0.25, 0.3) is 0 Å². The van der Waals surface area contributed by atoms with Crippen molar-refractivity contribution in [1.29, 1.82) is 0 Å². The number of hydrogen-bond acceptors (Lipinski definition) is 17. The van der Waals surface area contributed by atoms with E-state index in [1.807, 2.05) is 68.4 Å². The summed E-state index contributed by atoms with van der Waals surface area (Å²) in [4.78, 5) is 47.8. The van der Waals surface area contributed by atoms with Crippen LogP contribution in [-0.4, -0.2) is 173 Å². The van der Waals surface area contributed by atoms with Crippen LogP contribution in [0.25, 0.3) is 11.1 Å². The summed E-state index contributed by atoms with van der Waals surface area (Å²) in [6, 6.07) is 11.3. The van der Waals surface area contributed by atoms with E-state index in [2.05, 4.69) is 10.3 Å². The van der Waals surface area contributed by atoms with Crippen molar-refractivity contribution in [3.63, 3.8) is 0 Å². The first kappa shape index (κ1) is 60.2. The number of rotatable bonds is 18. The lowest BCUT2D eigenvalue weighted by molar-refractivity contribution is -0.319. The molecular weight excluding hydrogens is 943 g/mol. The lowest BCUT2D eigenvalue weighted by Crippen LogP contribution is -2.61. The average molecular weight is 1030 g/mol. The van der Waals surface area contributed by atoms with E-state index in [4.69, 9.17) is 37.9 Å². The highest BCUT2D eigenvalue weighted by Gasteiger charge is 2.54. The number of aliphatic hydroxyl groups excluding tert-OH is 3. The highest BCUT2D eigenvalue weighted by atomic mass is 16.7. The number of esters is 1. The Morgan fingerprint density at radius 1 is 0.877 bits per heavy atom. The third-order valence-corrected chi connectivity index (χ3v) is 15.8. The van der Waals surface area contributed by atoms with Crippen molar-refractivity contribution in [2.24, 2.45) is 23.7 Å². The van der Waals surface area contributed by atoms with Gasteiger partial charge in [-0.2, -0.15) is 0 Å². The second kappa shape index (κ2) is 26.4. The van der Waals surface area contributed by atoms with Gasteiger partial charge in [0.15, 0.2) is 12.6 Å². The van der Waals surface area contributed by atoms with Gasteiger partial charge in [-0.05, 0) is 117 Å². The van der Waals surface area contributed by atoms with Gasteiger partial charge < -0.3 is 68.5 Å². The summed E-state index contributed by atoms with van der Waals surface area (Å²) < 4.78 is 50.5. The molecule has 0 aliphatic carbocycles. The summed E-state index contributed by atoms with van der Waals surface area (Å²) in [5, 5.41) is 49.6. The van der Waals surface area contributed by atoms with Gasteiger partial charge in [-0.25, -0.2) is 0 Å². The van der Waals surface area contributed by atoms with Crippen molar-refractivity contribution in [1.82, 2.24) is 15.2 Å². The van der Waals surface area contributed by atoms with Crippen molar-refractivity contribution >= 4 is 17.7 Å². The Labute approximate surface area is 433 Å². The van der Waals surface area contributed by atoms with E-state index >= 15 is 0 Å². The van der Waals surface area contributed by atoms with Gasteiger partial charge >= 0.3 is 5.97 Å². The molecule has 4 heterocycles. The zero-order chi connectivity index (χ0) is 54.0. The average Bonchev–Trinajstić information content (AvgIpc) is 3.37. The molecule has 412 valence electrons. The number of methoxy groups -OCH3 is 2. The van der Waals surface area contributed by atoms with Gasteiger partial charge in [-0.15, -0.1) is 0 Å². The Morgan fingerprint density at radius 3 is 2.19 bits per heavy atom. The molecule has 0 spiro atoms. The van der Waals surface area contributed by atoms with Crippen molar-refractivity contribution in [2.75, 3.05) is 41.0 Å². The monoisotopic (exact) mass is 1030 g/mol. The van der Waals surface area contributed by atoms with Gasteiger partial charge in [0.2, 0.25) is 5.91 Å². The molecule has 5 N–H and O–H groups in total. The van der Waals surface area contributed by atoms with Crippen LogP contribution in [-0.2, 0) is 47.5 Å². The fraction of sp³-hybridized carbons (Fsp3) is 0.745. The van der Waals surface area contributed by atoms with Crippen molar-refractivity contribution in [2.45, 2.75) is 198 Å². The first-order chi connectivity index (χ1) is 34.4. The zero-order valence-electron chi connectivity index (χ0n) is 45.5. The summed E-state index contributed by atoms with van der Waals surface area (Å²) in [6.07, 6.45) is -4.73. The minimum atomic E-state index is -2.01. The minimum Gasteiger partial charge on any atom is -0.494 e. The normalized spacial score (nSPS) is 38.1. The number of aliphatic hydroxyl groups is 4. The third-order valence-electron chi connectivity index (χ3n) is 15.8. The number of cyclic esters (lactones) is 1. The number of pyridine rings is 1. The number of likely N-dealkylation sites (N-methyl/N-ethyl adjacent to an activating group) is 1. The molecule has 3 saturated heterocycles. The number of carbonyl (C=O) groups is 3. The second-order valence-corrected chi connectivity index (χ2v) is 21.6. The van der Waals surface area contributed by atoms with Crippen LogP contribution < -0.4 is 10.1 Å². The number of nitrogens with zero attached hydrogens (tertiary/aromatic N) is 2. The number of nitrogens with one attached hydrogen (secondary N) is 1. The van der Waals surface area contributed by atoms with E-state index in [0.717, 1.165) is 16.9 Å². The Morgan fingerprint density at radius 2 is 1.56 bits per heavy atom. The third kappa shape index (κ3) is 14.8. The van der Waals surface area contributed by atoms with E-state index in [1.165, 1.54) is 21.1 Å². The van der Waals surface area contributed by atoms with Crippen molar-refractivity contribution in [3.8, 4) is 16.9 Å². The summed E-state index contributed by atoms with van der Waals surface area (Å²) in [7, 11) is 4.88. The van der Waals surface area contributed by atoms with Crippen LogP contribution in [0.3, 0.4) is 0 Å². The molecule has 73 heavy (non-hydrogen) atoms. The Kier molecular flexibility index (Phi) is 21.8. The molecule has 1 aromatic carbocycles. The number of carbonyl (C=O) groups excluding carboxylic acids is 3. The number of amides is 1. The fourth-order valence-electron chi connectivity index (χ4n) is 11.0. The predicted molar refractivity (Wildman–Crippen MR) is 272 cm³/mol. The molecule has 0 radical (unpaired) electrons. The smallest absolute Gasteiger partial charge is 0.311 e. The summed E-state index contributed by atoms with van der Waals surface area (Å²) in [5.74, 6) is -4.11. The molecule has 0 bridgehead atoms. The van der Waals surface area contributed by atoms with Gasteiger partial charge in [0, 0.05) is 69.8 Å². The molecule has 2 aromatic rings. The van der Waals surface area contributed by atoms with Crippen LogP contribution in [0.2, 0.25) is 0 Å². The van der Waals surface area contributed by atoms with Crippen LogP contribution in [0, 0.1) is 23.7 Å². The van der Waals surface area contributed by atoms with Gasteiger partial charge in [-0.1, -0.05) is 45.9 Å². The maximum Gasteiger partial charge on any atom is 0.311 e. The molecule has 3 aliphatic rings. The van der Waals surface area contributed by atoms with Crippen molar-refractivity contribution in [3.05, 3.63) is 48.8 Å². The van der Waals surface area contributed by atoms with Crippen molar-refractivity contribution < 1.29 is 72.7 Å². The summed E-state index contributed by atoms with van der Waals surface area (Å²) in [5.41, 5.74) is -2.34. The molecular formula is C55H87N3O15. The fourth-order valence-corrected chi connectivity index (χ4v) is 11.0. The summed E-state index contributed by atoms with van der Waals surface area (Å²) in [6.45, 7) is 18.3. The highest BCUT2D eigenvalue weighted by molar-refractivity contribution is 5.83. The molecule has 0 unspecified atom stereocenters. The van der Waals surface area contributed by atoms with E-state index in [0.29, 0.717) is 39.0 Å². The summed E-state index contributed by atoms with van der Waals surface area (Å²) >= 11 is 0. The Hall–Kier alpha value is -3.66. The number of ether oxygens (including phenoxy) is 8. The van der Waals surface area contributed by atoms with E-state index in [-0.39, 0.29) is 43.5 Å². The van der Waals surface area contributed by atoms with Gasteiger partial charge in [-0.3, -0.25) is 19.4 Å². The quantitative estimate of drug-likeness (QED) is 0.0949. The molecule has 0 saturated carbocycles. The maximum absolute atomic E-state index is 14.4. The van der Waals surface area contributed by atoms with Crippen LogP contribution in [0.4, 0.5) is 0 Å². The predicted octanol–water partition coefficient (Wildman–Crippen LogP) is 5.24. The molecule has 1 amide bonds. The van der Waals surface area contributed by atoms with Crippen LogP contribution in [0.15, 0.2) is 48.8 Å². The topological polar surface area (TPSA) is 234 Å². The van der Waals surface area contributed by atoms with E-state index < -0.39 is 108 Å². The number of hydrogen-bond donors (Lipinski definition) is 5. The lowest BCUT2D eigenvalue weighted by Gasteiger charge is -2.50. The Balaban J connectivity index is 1.32. The van der Waals surface area contributed by atoms with Gasteiger partial charge in [0.1, 0.15) is 35.4 Å². The number of Topliss-reactive ketones (excluding diaryl/α,β-unsaturated/α-hetero) is 1. The highest BCUT2D eigenvalue weighted by Crippen LogP contribution is 2.42. The molecule has 1 aromatic heterocycles. The standard InChI is InChI=1S/C55H87N3O15/c1-14-42-55(10,65)48(62)34(4)45(60)32(2)29-54(9,67-13)50(35(5)47(36(6)51(64)71-42)72-44-30-53(8,66-12)49(63)37(7)70-44)73-52-46(61)41(28-33(3)69-52)58(11)26-16-19-43(59)57-25-17-27-68-40-22-20-38(21-23-40)39-18-15-24-56-31-39/h15,18,20-24,31-37,41-42,44,46-50,52,61-63,65H,14,16-17,19,25-30H2,1-13H3,(H,57,59)/t32-,33-,34+,35+,36-,37+,41+,42-,44+,46-,47+,48-,49+,50-,52-,53-,54-,55-/m1/s1.